The summed E-state index contributed by atoms with van der Waals surface area (Å²) in [6.07, 6.45) is 10.1. The van der Waals surface area contributed by atoms with Crippen LogP contribution in [-0.2, 0) is 19.1 Å². The number of ether oxygens (including phenoxy) is 2. The number of nitrogens with two attached hydrogens (primary N) is 1. The first kappa shape index (κ1) is 26.8. The highest BCUT2D eigenvalue weighted by molar-refractivity contribution is 5.80. The Bertz CT molecular complexity index is 927. The number of hydrogen-bond donors (Lipinski definition) is 2. The third kappa shape index (κ3) is 4.35. The monoisotopic (exact) mass is 517 g/mol. The van der Waals surface area contributed by atoms with Crippen molar-refractivity contribution in [3.63, 3.8) is 0 Å². The molecule has 0 bridgehead atoms. The lowest BCUT2D eigenvalue weighted by Crippen LogP contribution is -2.67. The summed E-state index contributed by atoms with van der Waals surface area (Å²) in [6, 6.07) is 0. The standard InChI is InChI=1S/C29H47N3O5/c1-18(33)36-21-6-5-15-32(17-21)26(35)37-20-9-12-27(2)19(16-20)7-8-23-22(27)10-13-28(3)24(25(34)31-4)11-14-29(23,28)30/h19-24H,5-17,30H2,1-4H3,(H,31,34)/t19-,20+,21?,22?,23?,24-,27+,28-,29+/m1/s1. The molecule has 9 atom stereocenters. The molecule has 4 saturated carbocycles. The average Bonchev–Trinajstić information content (AvgIpc) is 3.14. The number of likely N-dealkylation sites (tertiary alicyclic amines) is 1. The molecule has 1 aliphatic heterocycles. The first-order chi connectivity index (χ1) is 17.5. The highest BCUT2D eigenvalue weighted by atomic mass is 16.6. The van der Waals surface area contributed by atoms with Gasteiger partial charge in [-0.2, -0.15) is 0 Å². The van der Waals surface area contributed by atoms with E-state index in [0.717, 1.165) is 70.6 Å². The molecular formula is C29H47N3O5. The Labute approximate surface area is 221 Å². The van der Waals surface area contributed by atoms with Gasteiger partial charge in [-0.1, -0.05) is 13.8 Å². The summed E-state index contributed by atoms with van der Waals surface area (Å²) in [4.78, 5) is 38.8. The minimum absolute atomic E-state index is 0.0133. The predicted molar refractivity (Wildman–Crippen MR) is 139 cm³/mol. The summed E-state index contributed by atoms with van der Waals surface area (Å²) in [5.41, 5.74) is 7.14. The largest absolute Gasteiger partial charge is 0.461 e. The molecule has 1 heterocycles. The van der Waals surface area contributed by atoms with Crippen molar-refractivity contribution in [2.75, 3.05) is 20.1 Å². The minimum atomic E-state index is -0.300. The fourth-order valence-corrected chi connectivity index (χ4v) is 9.64. The van der Waals surface area contributed by atoms with Crippen LogP contribution >= 0.6 is 0 Å². The van der Waals surface area contributed by atoms with Gasteiger partial charge >= 0.3 is 12.1 Å². The van der Waals surface area contributed by atoms with Crippen LogP contribution in [0.4, 0.5) is 4.79 Å². The summed E-state index contributed by atoms with van der Waals surface area (Å²) >= 11 is 0. The van der Waals surface area contributed by atoms with Crippen LogP contribution in [0.15, 0.2) is 0 Å². The van der Waals surface area contributed by atoms with Crippen LogP contribution in [0.25, 0.3) is 0 Å². The Morgan fingerprint density at radius 2 is 1.70 bits per heavy atom. The van der Waals surface area contributed by atoms with Gasteiger partial charge in [-0.15, -0.1) is 0 Å². The summed E-state index contributed by atoms with van der Waals surface area (Å²) < 4.78 is 11.4. The van der Waals surface area contributed by atoms with Gasteiger partial charge in [0.25, 0.3) is 0 Å². The van der Waals surface area contributed by atoms with E-state index in [4.69, 9.17) is 15.2 Å². The number of carbonyl (C=O) groups excluding carboxylic acids is 3. The third-order valence-electron chi connectivity index (χ3n) is 11.8. The summed E-state index contributed by atoms with van der Waals surface area (Å²) in [5, 5.41) is 2.90. The quantitative estimate of drug-likeness (QED) is 0.548. The van der Waals surface area contributed by atoms with Gasteiger partial charge in [-0.3, -0.25) is 9.59 Å². The van der Waals surface area contributed by atoms with Crippen LogP contribution in [-0.4, -0.2) is 60.8 Å². The molecule has 4 aliphatic carbocycles. The lowest BCUT2D eigenvalue weighted by Gasteiger charge is -2.64. The zero-order valence-corrected chi connectivity index (χ0v) is 23.2. The second-order valence-electron chi connectivity index (χ2n) is 13.3. The molecule has 5 aliphatic rings. The molecule has 0 radical (unpaired) electrons. The molecule has 2 amide bonds. The number of hydrogen-bond acceptors (Lipinski definition) is 6. The second kappa shape index (κ2) is 9.73. The van der Waals surface area contributed by atoms with E-state index in [0.29, 0.717) is 30.8 Å². The van der Waals surface area contributed by atoms with Crippen molar-refractivity contribution in [2.24, 2.45) is 40.2 Å². The van der Waals surface area contributed by atoms with E-state index in [-0.39, 0.29) is 52.5 Å². The molecule has 8 heteroatoms. The fourth-order valence-electron chi connectivity index (χ4n) is 9.64. The van der Waals surface area contributed by atoms with Crippen LogP contribution < -0.4 is 11.1 Å². The van der Waals surface area contributed by atoms with E-state index < -0.39 is 0 Å². The number of esters is 1. The predicted octanol–water partition coefficient (Wildman–Crippen LogP) is 4.01. The van der Waals surface area contributed by atoms with Gasteiger partial charge in [-0.05, 0) is 99.2 Å². The van der Waals surface area contributed by atoms with Gasteiger partial charge < -0.3 is 25.4 Å². The summed E-state index contributed by atoms with van der Waals surface area (Å²) in [7, 11) is 1.74. The number of fused-ring (bicyclic) bond motifs is 5. The van der Waals surface area contributed by atoms with E-state index in [1.165, 1.54) is 6.92 Å². The first-order valence-electron chi connectivity index (χ1n) is 14.6. The highest BCUT2D eigenvalue weighted by Crippen LogP contribution is 2.68. The fraction of sp³-hybridized carbons (Fsp3) is 0.897. The average molecular weight is 518 g/mol. The molecule has 0 aromatic heterocycles. The van der Waals surface area contributed by atoms with Crippen molar-refractivity contribution in [2.45, 2.75) is 109 Å². The van der Waals surface area contributed by atoms with E-state index in [2.05, 4.69) is 19.2 Å². The molecule has 5 rings (SSSR count). The van der Waals surface area contributed by atoms with Crippen molar-refractivity contribution in [3.05, 3.63) is 0 Å². The maximum atomic E-state index is 13.0. The Hall–Kier alpha value is -1.83. The molecule has 3 unspecified atom stereocenters. The molecule has 1 saturated heterocycles. The van der Waals surface area contributed by atoms with Gasteiger partial charge in [0.05, 0.1) is 6.54 Å². The molecule has 5 fully saturated rings. The molecule has 37 heavy (non-hydrogen) atoms. The van der Waals surface area contributed by atoms with Crippen LogP contribution in [0.2, 0.25) is 0 Å². The number of nitrogens with zero attached hydrogens (tertiary/aromatic N) is 1. The van der Waals surface area contributed by atoms with Crippen LogP contribution in [0.5, 0.6) is 0 Å². The van der Waals surface area contributed by atoms with Gasteiger partial charge in [0, 0.05) is 32.0 Å². The van der Waals surface area contributed by atoms with E-state index in [1.54, 1.807) is 11.9 Å². The van der Waals surface area contributed by atoms with Gasteiger partial charge in [0.2, 0.25) is 5.91 Å². The van der Waals surface area contributed by atoms with Crippen LogP contribution in [0.1, 0.15) is 91.4 Å². The zero-order chi connectivity index (χ0) is 26.6. The minimum Gasteiger partial charge on any atom is -0.461 e. The van der Waals surface area contributed by atoms with E-state index in [9.17, 15) is 14.4 Å². The molecule has 3 N–H and O–H groups in total. The molecular weight excluding hydrogens is 470 g/mol. The summed E-state index contributed by atoms with van der Waals surface area (Å²) in [5.74, 6) is 1.41. The van der Waals surface area contributed by atoms with E-state index >= 15 is 0 Å². The van der Waals surface area contributed by atoms with Gasteiger partial charge in [0.1, 0.15) is 12.2 Å². The Balaban J connectivity index is 1.23. The number of nitrogens with one attached hydrogen (secondary N) is 1. The normalized spacial score (nSPS) is 45.2. The Kier molecular flexibility index (Phi) is 7.04. The molecule has 0 aromatic carbocycles. The van der Waals surface area contributed by atoms with Gasteiger partial charge in [-0.25, -0.2) is 4.79 Å². The van der Waals surface area contributed by atoms with Gasteiger partial charge in [0.15, 0.2) is 0 Å². The summed E-state index contributed by atoms with van der Waals surface area (Å²) in [6.45, 7) is 7.25. The lowest BCUT2D eigenvalue weighted by molar-refractivity contribution is -0.149. The van der Waals surface area contributed by atoms with Crippen molar-refractivity contribution in [3.8, 4) is 0 Å². The first-order valence-corrected chi connectivity index (χ1v) is 14.6. The van der Waals surface area contributed by atoms with Crippen molar-refractivity contribution >= 4 is 18.0 Å². The Morgan fingerprint density at radius 3 is 2.43 bits per heavy atom. The Morgan fingerprint density at radius 1 is 0.919 bits per heavy atom. The molecule has 0 spiro atoms. The smallest absolute Gasteiger partial charge is 0.410 e. The topological polar surface area (TPSA) is 111 Å². The van der Waals surface area contributed by atoms with Crippen LogP contribution in [0, 0.1) is 34.5 Å². The molecule has 208 valence electrons. The van der Waals surface area contributed by atoms with Crippen LogP contribution in [0.3, 0.4) is 0 Å². The van der Waals surface area contributed by atoms with Crippen molar-refractivity contribution in [1.82, 2.24) is 10.2 Å². The van der Waals surface area contributed by atoms with Crippen molar-refractivity contribution in [1.29, 1.82) is 0 Å². The maximum Gasteiger partial charge on any atom is 0.410 e. The lowest BCUT2D eigenvalue weighted by atomic mass is 9.42. The third-order valence-corrected chi connectivity index (χ3v) is 11.8. The number of carbonyl (C=O) groups is 3. The number of rotatable bonds is 3. The molecule has 0 aromatic rings. The SMILES string of the molecule is CNC(=O)[C@H]1CC[C@]2(N)C3CC[C@@H]4C[C@@H](OC(=O)N5CCCC(OC(C)=O)C5)CC[C@]4(C)C3CC[C@]12C. The maximum absolute atomic E-state index is 13.0. The zero-order valence-electron chi connectivity index (χ0n) is 23.2. The van der Waals surface area contributed by atoms with E-state index in [1.807, 2.05) is 0 Å². The second-order valence-corrected chi connectivity index (χ2v) is 13.3. The number of amides is 2. The molecule has 8 nitrogen and oxygen atoms in total. The number of piperidine rings is 1. The van der Waals surface area contributed by atoms with Crippen molar-refractivity contribution < 1.29 is 23.9 Å². The highest BCUT2D eigenvalue weighted by Gasteiger charge is 2.67.